The van der Waals surface area contributed by atoms with Crippen LogP contribution in [0.3, 0.4) is 0 Å². The van der Waals surface area contributed by atoms with Crippen LogP contribution in [0.2, 0.25) is 0 Å². The molecule has 0 aromatic heterocycles. The number of anilines is 1. The summed E-state index contributed by atoms with van der Waals surface area (Å²) in [5, 5.41) is 14.6. The molecule has 0 spiro atoms. The Morgan fingerprint density at radius 1 is 1.16 bits per heavy atom. The number of nitro groups is 1. The Balaban J connectivity index is 1.86. The van der Waals surface area contributed by atoms with E-state index in [1.165, 1.54) is 22.5 Å². The number of hydrogen-bond donors (Lipinski definition) is 1. The Morgan fingerprint density at radius 2 is 1.80 bits per heavy atom. The van der Waals surface area contributed by atoms with Crippen molar-refractivity contribution in [3.05, 3.63) is 40.5 Å². The van der Waals surface area contributed by atoms with Crippen molar-refractivity contribution < 1.29 is 13.3 Å². The zero-order valence-electron chi connectivity index (χ0n) is 14.1. The van der Waals surface area contributed by atoms with Crippen LogP contribution in [0.4, 0.5) is 11.4 Å². The maximum Gasteiger partial charge on any atom is 0.293 e. The number of hydrogen-bond acceptors (Lipinski definition) is 6. The minimum atomic E-state index is -3.72. The van der Waals surface area contributed by atoms with Gasteiger partial charge in [-0.25, -0.2) is 8.42 Å². The predicted molar refractivity (Wildman–Crippen MR) is 95.1 cm³/mol. The topological polar surface area (TPSA) is 95.8 Å². The second-order valence-electron chi connectivity index (χ2n) is 6.43. The van der Waals surface area contributed by atoms with Crippen LogP contribution in [0.1, 0.15) is 12.8 Å². The monoisotopic (exact) mass is 366 g/mol. The molecule has 1 aromatic carbocycles. The average Bonchev–Trinajstić information content (AvgIpc) is 3.08. The highest BCUT2D eigenvalue weighted by Crippen LogP contribution is 2.31. The molecular formula is C16H22N4O4S. The number of nitrogens with one attached hydrogen (secondary N) is 1. The molecule has 0 bridgehead atoms. The minimum absolute atomic E-state index is 0.0288. The van der Waals surface area contributed by atoms with E-state index in [1.54, 1.807) is 0 Å². The fraction of sp³-hybridized carbons (Fsp3) is 0.500. The number of nitrogens with zero attached hydrogens (tertiary/aromatic N) is 3. The van der Waals surface area contributed by atoms with Gasteiger partial charge in [0.25, 0.3) is 5.69 Å². The summed E-state index contributed by atoms with van der Waals surface area (Å²) in [7, 11) is -1.79. The largest absolute Gasteiger partial charge is 0.376 e. The fourth-order valence-corrected chi connectivity index (χ4v) is 4.52. The SMILES string of the molecule is CN1CCN(S(=O)(=O)c2ccc(NC3CC=CC3)c([N+](=O)[O-])c2)CC1. The van der Waals surface area contributed by atoms with E-state index in [9.17, 15) is 18.5 Å². The molecule has 0 amide bonds. The molecule has 2 aliphatic rings. The van der Waals surface area contributed by atoms with Gasteiger partial charge in [-0.05, 0) is 32.0 Å². The van der Waals surface area contributed by atoms with Gasteiger partial charge in [-0.3, -0.25) is 10.1 Å². The molecule has 1 aliphatic carbocycles. The highest BCUT2D eigenvalue weighted by Gasteiger charge is 2.30. The van der Waals surface area contributed by atoms with Crippen LogP contribution in [-0.2, 0) is 10.0 Å². The number of rotatable bonds is 5. The molecule has 0 atom stereocenters. The summed E-state index contributed by atoms with van der Waals surface area (Å²) in [5.74, 6) is 0. The minimum Gasteiger partial charge on any atom is -0.376 e. The van der Waals surface area contributed by atoms with E-state index in [4.69, 9.17) is 0 Å². The molecule has 1 fully saturated rings. The quantitative estimate of drug-likeness (QED) is 0.484. The van der Waals surface area contributed by atoms with Gasteiger partial charge >= 0.3 is 0 Å². The van der Waals surface area contributed by atoms with Crippen molar-refractivity contribution in [1.82, 2.24) is 9.21 Å². The zero-order chi connectivity index (χ0) is 18.0. The van der Waals surface area contributed by atoms with Crippen molar-refractivity contribution in [3.63, 3.8) is 0 Å². The summed E-state index contributed by atoms with van der Waals surface area (Å²) in [5.41, 5.74) is 0.151. The van der Waals surface area contributed by atoms with Crippen LogP contribution in [0, 0.1) is 10.1 Å². The van der Waals surface area contributed by atoms with Crippen LogP contribution in [0.5, 0.6) is 0 Å². The molecule has 1 heterocycles. The van der Waals surface area contributed by atoms with Gasteiger partial charge in [0.1, 0.15) is 5.69 Å². The van der Waals surface area contributed by atoms with Crippen molar-refractivity contribution >= 4 is 21.4 Å². The summed E-state index contributed by atoms with van der Waals surface area (Å²) in [6.07, 6.45) is 5.66. The van der Waals surface area contributed by atoms with Gasteiger partial charge in [-0.1, -0.05) is 12.2 Å². The second-order valence-corrected chi connectivity index (χ2v) is 8.37. The Morgan fingerprint density at radius 3 is 2.40 bits per heavy atom. The average molecular weight is 366 g/mol. The first-order valence-corrected chi connectivity index (χ1v) is 9.70. The van der Waals surface area contributed by atoms with Gasteiger partial charge < -0.3 is 10.2 Å². The first kappa shape index (κ1) is 17.8. The van der Waals surface area contributed by atoms with E-state index in [2.05, 4.69) is 10.2 Å². The summed E-state index contributed by atoms with van der Waals surface area (Å²) < 4.78 is 26.9. The molecular weight excluding hydrogens is 344 g/mol. The van der Waals surface area contributed by atoms with E-state index < -0.39 is 14.9 Å². The van der Waals surface area contributed by atoms with Crippen LogP contribution in [0.25, 0.3) is 0 Å². The van der Waals surface area contributed by atoms with Crippen molar-refractivity contribution in [1.29, 1.82) is 0 Å². The van der Waals surface area contributed by atoms with Crippen molar-refractivity contribution in [3.8, 4) is 0 Å². The third-order valence-corrected chi connectivity index (χ3v) is 6.53. The van der Waals surface area contributed by atoms with Crippen LogP contribution in [0.15, 0.2) is 35.2 Å². The zero-order valence-corrected chi connectivity index (χ0v) is 14.9. The lowest BCUT2D eigenvalue weighted by atomic mass is 10.2. The Kier molecular flexibility index (Phi) is 5.07. The Bertz CT molecular complexity index is 777. The summed E-state index contributed by atoms with van der Waals surface area (Å²) >= 11 is 0. The molecule has 0 unspecified atom stereocenters. The molecule has 0 radical (unpaired) electrons. The van der Waals surface area contributed by atoms with E-state index in [0.29, 0.717) is 31.9 Å². The lowest BCUT2D eigenvalue weighted by Gasteiger charge is -2.31. The molecule has 1 N–H and O–H groups in total. The normalized spacial score (nSPS) is 20.0. The molecule has 0 saturated carbocycles. The molecule has 25 heavy (non-hydrogen) atoms. The van der Waals surface area contributed by atoms with Crippen molar-refractivity contribution in [2.45, 2.75) is 23.8 Å². The van der Waals surface area contributed by atoms with Gasteiger partial charge in [-0.2, -0.15) is 4.31 Å². The number of piperazine rings is 1. The molecule has 9 heteroatoms. The van der Waals surface area contributed by atoms with Gasteiger partial charge in [-0.15, -0.1) is 0 Å². The van der Waals surface area contributed by atoms with E-state index in [0.717, 1.165) is 12.8 Å². The van der Waals surface area contributed by atoms with Gasteiger partial charge in [0, 0.05) is 38.3 Å². The Hall–Kier alpha value is -1.97. The van der Waals surface area contributed by atoms with E-state index in [-0.39, 0.29) is 16.6 Å². The molecule has 8 nitrogen and oxygen atoms in total. The number of benzene rings is 1. The standard InChI is InChI=1S/C16H22N4O4S/c1-18-8-10-19(11-9-18)25(23,24)14-6-7-15(16(12-14)20(21)22)17-13-4-2-3-5-13/h2-3,6-7,12-13,17H,4-5,8-11H2,1H3. The van der Waals surface area contributed by atoms with Crippen molar-refractivity contribution in [2.75, 3.05) is 38.5 Å². The third-order valence-electron chi connectivity index (χ3n) is 4.63. The first-order chi connectivity index (χ1) is 11.9. The van der Waals surface area contributed by atoms with Crippen LogP contribution < -0.4 is 5.32 Å². The highest BCUT2D eigenvalue weighted by molar-refractivity contribution is 7.89. The van der Waals surface area contributed by atoms with Crippen LogP contribution in [-0.4, -0.2) is 61.8 Å². The van der Waals surface area contributed by atoms with Gasteiger partial charge in [0.2, 0.25) is 10.0 Å². The van der Waals surface area contributed by atoms with Crippen LogP contribution >= 0.6 is 0 Å². The molecule has 3 rings (SSSR count). The lowest BCUT2D eigenvalue weighted by Crippen LogP contribution is -2.47. The van der Waals surface area contributed by atoms with E-state index >= 15 is 0 Å². The fourth-order valence-electron chi connectivity index (χ4n) is 3.08. The lowest BCUT2D eigenvalue weighted by molar-refractivity contribution is -0.384. The van der Waals surface area contributed by atoms with Gasteiger partial charge in [0.15, 0.2) is 0 Å². The third kappa shape index (κ3) is 3.83. The maximum atomic E-state index is 12.8. The highest BCUT2D eigenvalue weighted by atomic mass is 32.2. The van der Waals surface area contributed by atoms with Gasteiger partial charge in [0.05, 0.1) is 9.82 Å². The predicted octanol–water partition coefficient (Wildman–Crippen LogP) is 1.66. The second kappa shape index (κ2) is 7.11. The van der Waals surface area contributed by atoms with Crippen molar-refractivity contribution in [2.24, 2.45) is 0 Å². The summed E-state index contributed by atoms with van der Waals surface area (Å²) in [6.45, 7) is 2.08. The number of likely N-dealkylation sites (N-methyl/N-ethyl adjacent to an activating group) is 1. The first-order valence-electron chi connectivity index (χ1n) is 8.26. The van der Waals surface area contributed by atoms with E-state index in [1.807, 2.05) is 19.2 Å². The molecule has 1 aliphatic heterocycles. The smallest absolute Gasteiger partial charge is 0.293 e. The summed E-state index contributed by atoms with van der Waals surface area (Å²) in [4.78, 5) is 12.9. The Labute approximate surface area is 147 Å². The maximum absolute atomic E-state index is 12.8. The molecule has 1 saturated heterocycles. The number of nitro benzene ring substituents is 1. The number of sulfonamides is 1. The molecule has 1 aromatic rings. The molecule has 136 valence electrons. The summed E-state index contributed by atoms with van der Waals surface area (Å²) in [6, 6.07) is 4.22.